The summed E-state index contributed by atoms with van der Waals surface area (Å²) in [6.45, 7) is 0. The first-order valence-corrected chi connectivity index (χ1v) is 4.90. The zero-order valence-electron chi connectivity index (χ0n) is 5.63. The highest BCUT2D eigenvalue weighted by molar-refractivity contribution is 9.24. The van der Waals surface area contributed by atoms with Crippen LogP contribution < -0.4 is 0 Å². The van der Waals surface area contributed by atoms with Crippen molar-refractivity contribution in [2.24, 2.45) is 0 Å². The topological polar surface area (TPSA) is 17.1 Å². The van der Waals surface area contributed by atoms with Crippen LogP contribution in [0.15, 0.2) is 24.3 Å². The summed E-state index contributed by atoms with van der Waals surface area (Å²) >= 11 is 6.71. The van der Waals surface area contributed by atoms with Gasteiger partial charge in [-0.1, -0.05) is 56.1 Å². The Kier molecular flexibility index (Phi) is 3.27. The smallest absolute Gasteiger partial charge is 0.150 e. The second-order valence-electron chi connectivity index (χ2n) is 2.09. The van der Waals surface area contributed by atoms with Gasteiger partial charge in [-0.3, -0.25) is 4.79 Å². The number of rotatable bonds is 2. The zero-order chi connectivity index (χ0) is 8.27. The van der Waals surface area contributed by atoms with Crippen molar-refractivity contribution in [3.05, 3.63) is 35.4 Å². The summed E-state index contributed by atoms with van der Waals surface area (Å²) in [6.07, 6.45) is 0.835. The van der Waals surface area contributed by atoms with Gasteiger partial charge in [0.1, 0.15) is 6.29 Å². The van der Waals surface area contributed by atoms with Gasteiger partial charge >= 0.3 is 0 Å². The SMILES string of the molecule is O=Cc1ccc(C(Br)Br)cc1. The molecular formula is C8H6Br2O. The molecule has 0 spiro atoms. The van der Waals surface area contributed by atoms with Crippen LogP contribution in [0.4, 0.5) is 0 Å². The third-order valence-corrected chi connectivity index (χ3v) is 2.38. The van der Waals surface area contributed by atoms with E-state index in [1.165, 1.54) is 0 Å². The fourth-order valence-corrected chi connectivity index (χ4v) is 1.33. The molecule has 3 heteroatoms. The lowest BCUT2D eigenvalue weighted by Gasteiger charge is -2.00. The lowest BCUT2D eigenvalue weighted by atomic mass is 10.2. The lowest BCUT2D eigenvalue weighted by molar-refractivity contribution is 0.112. The Hall–Kier alpha value is -0.150. The van der Waals surface area contributed by atoms with Gasteiger partial charge in [0.05, 0.1) is 3.74 Å². The van der Waals surface area contributed by atoms with Crippen LogP contribution in [-0.2, 0) is 0 Å². The molecule has 0 aliphatic heterocycles. The Bertz CT molecular complexity index is 241. The van der Waals surface area contributed by atoms with Gasteiger partial charge < -0.3 is 0 Å². The molecule has 0 saturated heterocycles. The average Bonchev–Trinajstić information content (AvgIpc) is 2.05. The zero-order valence-corrected chi connectivity index (χ0v) is 8.80. The number of hydrogen-bond donors (Lipinski definition) is 0. The van der Waals surface area contributed by atoms with Crippen molar-refractivity contribution in [2.45, 2.75) is 3.74 Å². The van der Waals surface area contributed by atoms with Gasteiger partial charge in [0, 0.05) is 5.56 Å². The summed E-state index contributed by atoms with van der Waals surface area (Å²) in [4.78, 5) is 10.3. The Labute approximate surface area is 82.1 Å². The second-order valence-corrected chi connectivity index (χ2v) is 5.15. The number of hydrogen-bond acceptors (Lipinski definition) is 1. The first kappa shape index (κ1) is 8.94. The molecule has 0 amide bonds. The van der Waals surface area contributed by atoms with Gasteiger partial charge in [-0.25, -0.2) is 0 Å². The summed E-state index contributed by atoms with van der Waals surface area (Å²) in [5.74, 6) is 0. The second kappa shape index (κ2) is 4.02. The molecule has 0 N–H and O–H groups in total. The van der Waals surface area contributed by atoms with Crippen LogP contribution in [0.3, 0.4) is 0 Å². The number of aldehydes is 1. The Balaban J connectivity index is 2.91. The molecule has 0 aromatic heterocycles. The van der Waals surface area contributed by atoms with Crippen LogP contribution in [0.2, 0.25) is 0 Å². The first-order chi connectivity index (χ1) is 5.24. The van der Waals surface area contributed by atoms with Gasteiger partial charge in [-0.05, 0) is 5.56 Å². The molecule has 0 heterocycles. The minimum Gasteiger partial charge on any atom is -0.298 e. The highest BCUT2D eigenvalue weighted by atomic mass is 79.9. The van der Waals surface area contributed by atoms with Crippen molar-refractivity contribution in [1.29, 1.82) is 0 Å². The maximum Gasteiger partial charge on any atom is 0.150 e. The number of alkyl halides is 2. The molecular weight excluding hydrogens is 272 g/mol. The number of carbonyl (C=O) groups excluding carboxylic acids is 1. The summed E-state index contributed by atoms with van der Waals surface area (Å²) in [5.41, 5.74) is 1.81. The van der Waals surface area contributed by atoms with Crippen molar-refractivity contribution in [3.63, 3.8) is 0 Å². The monoisotopic (exact) mass is 276 g/mol. The van der Waals surface area contributed by atoms with Crippen LogP contribution in [0.5, 0.6) is 0 Å². The van der Waals surface area contributed by atoms with Crippen LogP contribution in [0.1, 0.15) is 19.7 Å². The quantitative estimate of drug-likeness (QED) is 0.599. The van der Waals surface area contributed by atoms with E-state index in [2.05, 4.69) is 31.9 Å². The van der Waals surface area contributed by atoms with Gasteiger partial charge in [-0.15, -0.1) is 0 Å². The molecule has 0 saturated carbocycles. The van der Waals surface area contributed by atoms with Crippen LogP contribution >= 0.6 is 31.9 Å². The van der Waals surface area contributed by atoms with Gasteiger partial charge in [0.2, 0.25) is 0 Å². The van der Waals surface area contributed by atoms with Crippen LogP contribution in [0.25, 0.3) is 0 Å². The maximum absolute atomic E-state index is 10.3. The van der Waals surface area contributed by atoms with Crippen LogP contribution in [-0.4, -0.2) is 6.29 Å². The summed E-state index contributed by atoms with van der Waals surface area (Å²) < 4.78 is 0.163. The van der Waals surface area contributed by atoms with E-state index < -0.39 is 0 Å². The average molecular weight is 278 g/mol. The summed E-state index contributed by atoms with van der Waals surface area (Å²) in [5, 5.41) is 0. The standard InChI is InChI=1S/C8H6Br2O/c9-8(10)7-3-1-6(5-11)2-4-7/h1-5,8H. The van der Waals surface area contributed by atoms with Gasteiger partial charge in [-0.2, -0.15) is 0 Å². The molecule has 58 valence electrons. The minimum absolute atomic E-state index is 0.163. The van der Waals surface area contributed by atoms with E-state index in [4.69, 9.17) is 0 Å². The molecule has 1 nitrogen and oxygen atoms in total. The Morgan fingerprint density at radius 3 is 2.09 bits per heavy atom. The molecule has 11 heavy (non-hydrogen) atoms. The third kappa shape index (κ3) is 2.42. The van der Waals surface area contributed by atoms with E-state index in [1.807, 2.05) is 12.1 Å². The molecule has 0 aliphatic carbocycles. The van der Waals surface area contributed by atoms with Gasteiger partial charge in [0.25, 0.3) is 0 Å². The van der Waals surface area contributed by atoms with E-state index in [9.17, 15) is 4.79 Å². The van der Waals surface area contributed by atoms with Crippen LogP contribution in [0, 0.1) is 0 Å². The lowest BCUT2D eigenvalue weighted by Crippen LogP contribution is -1.82. The normalized spacial score (nSPS) is 10.1. The minimum atomic E-state index is 0.163. The predicted molar refractivity (Wildman–Crippen MR) is 52.4 cm³/mol. The molecule has 0 fully saturated rings. The van der Waals surface area contributed by atoms with Crippen molar-refractivity contribution in [2.75, 3.05) is 0 Å². The van der Waals surface area contributed by atoms with E-state index in [0.29, 0.717) is 5.56 Å². The Morgan fingerprint density at radius 1 is 1.18 bits per heavy atom. The fourth-order valence-electron chi connectivity index (χ4n) is 0.720. The molecule has 0 atom stereocenters. The van der Waals surface area contributed by atoms with Crippen molar-refractivity contribution >= 4 is 38.1 Å². The van der Waals surface area contributed by atoms with Crippen molar-refractivity contribution < 1.29 is 4.79 Å². The summed E-state index contributed by atoms with van der Waals surface area (Å²) in [6, 6.07) is 7.38. The van der Waals surface area contributed by atoms with Crippen molar-refractivity contribution in [3.8, 4) is 0 Å². The molecule has 1 aromatic rings. The molecule has 0 aliphatic rings. The van der Waals surface area contributed by atoms with E-state index in [0.717, 1.165) is 11.8 Å². The molecule has 1 aromatic carbocycles. The number of benzene rings is 1. The van der Waals surface area contributed by atoms with E-state index >= 15 is 0 Å². The first-order valence-electron chi connectivity index (χ1n) is 3.07. The van der Waals surface area contributed by atoms with Gasteiger partial charge in [0.15, 0.2) is 0 Å². The molecule has 0 radical (unpaired) electrons. The fraction of sp³-hybridized carbons (Fsp3) is 0.125. The Morgan fingerprint density at radius 2 is 1.73 bits per heavy atom. The largest absolute Gasteiger partial charge is 0.298 e. The maximum atomic E-state index is 10.3. The summed E-state index contributed by atoms with van der Waals surface area (Å²) in [7, 11) is 0. The predicted octanol–water partition coefficient (Wildman–Crippen LogP) is 3.29. The molecule has 0 bridgehead atoms. The van der Waals surface area contributed by atoms with E-state index in [1.54, 1.807) is 12.1 Å². The number of carbonyl (C=O) groups is 1. The molecule has 1 rings (SSSR count). The van der Waals surface area contributed by atoms with E-state index in [-0.39, 0.29) is 3.74 Å². The van der Waals surface area contributed by atoms with Crippen molar-refractivity contribution in [1.82, 2.24) is 0 Å². The molecule has 0 unspecified atom stereocenters. The highest BCUT2D eigenvalue weighted by Gasteiger charge is 2.00. The third-order valence-electron chi connectivity index (χ3n) is 1.32. The highest BCUT2D eigenvalue weighted by Crippen LogP contribution is 2.28. The number of halogens is 2.